The van der Waals surface area contributed by atoms with E-state index in [1.165, 1.54) is 16.0 Å². The monoisotopic (exact) mass is 503 g/mol. The first-order valence-electron chi connectivity index (χ1n) is 11.3. The third-order valence-electron chi connectivity index (χ3n) is 6.57. The fourth-order valence-electron chi connectivity index (χ4n) is 4.98. The van der Waals surface area contributed by atoms with Crippen molar-refractivity contribution in [1.29, 1.82) is 0 Å². The molecule has 168 valence electrons. The van der Waals surface area contributed by atoms with Crippen LogP contribution in [0, 0.1) is 0 Å². The standard InChI is InChI=1S/C27H26BrN3O2/c28-22-12-7-13-23(18-22)31-25(32)19-24(27(31)33)29-14-16-30(17-15-29)26(20-8-3-1-4-9-20)21-10-5-2-6-11-21/h1-13,18,24,26H,14-17,19H2/t24-/m0/s1. The number of benzene rings is 3. The molecule has 1 atom stereocenters. The predicted molar refractivity (Wildman–Crippen MR) is 133 cm³/mol. The van der Waals surface area contributed by atoms with Gasteiger partial charge in [-0.2, -0.15) is 0 Å². The molecule has 0 aliphatic carbocycles. The molecule has 3 aromatic rings. The van der Waals surface area contributed by atoms with Gasteiger partial charge in [0.05, 0.1) is 24.2 Å². The SMILES string of the molecule is O=C1C[C@H](N2CCN(C(c3ccccc3)c3ccccc3)CC2)C(=O)N1c1cccc(Br)c1. The Morgan fingerprint density at radius 2 is 1.36 bits per heavy atom. The molecule has 2 fully saturated rings. The highest BCUT2D eigenvalue weighted by Gasteiger charge is 2.43. The Bertz CT molecular complexity index is 1090. The molecule has 5 rings (SSSR count). The summed E-state index contributed by atoms with van der Waals surface area (Å²) in [4.78, 5) is 32.0. The van der Waals surface area contributed by atoms with Gasteiger partial charge in [0.25, 0.3) is 5.91 Å². The van der Waals surface area contributed by atoms with Crippen LogP contribution in [0.5, 0.6) is 0 Å². The number of amides is 2. The van der Waals surface area contributed by atoms with E-state index in [4.69, 9.17) is 0 Å². The fourth-order valence-corrected chi connectivity index (χ4v) is 5.37. The smallest absolute Gasteiger partial charge is 0.251 e. The number of piperazine rings is 1. The Morgan fingerprint density at radius 1 is 0.758 bits per heavy atom. The van der Waals surface area contributed by atoms with Gasteiger partial charge in [0.1, 0.15) is 0 Å². The number of carbonyl (C=O) groups excluding carboxylic acids is 2. The number of halogens is 1. The summed E-state index contributed by atoms with van der Waals surface area (Å²) in [5.74, 6) is -0.244. The molecule has 0 saturated carbocycles. The van der Waals surface area contributed by atoms with Gasteiger partial charge in [-0.3, -0.25) is 19.4 Å². The molecule has 0 bridgehead atoms. The first-order chi connectivity index (χ1) is 16.1. The van der Waals surface area contributed by atoms with Crippen LogP contribution in [0.2, 0.25) is 0 Å². The highest BCUT2D eigenvalue weighted by molar-refractivity contribution is 9.10. The average molecular weight is 504 g/mol. The minimum Gasteiger partial charge on any atom is -0.290 e. The summed E-state index contributed by atoms with van der Waals surface area (Å²) < 4.78 is 0.852. The van der Waals surface area contributed by atoms with E-state index in [-0.39, 0.29) is 30.3 Å². The van der Waals surface area contributed by atoms with Crippen LogP contribution in [0.25, 0.3) is 0 Å². The topological polar surface area (TPSA) is 43.9 Å². The molecule has 5 nitrogen and oxygen atoms in total. The fraction of sp³-hybridized carbons (Fsp3) is 0.259. The molecule has 0 spiro atoms. The lowest BCUT2D eigenvalue weighted by Gasteiger charge is -2.41. The van der Waals surface area contributed by atoms with E-state index < -0.39 is 0 Å². The average Bonchev–Trinajstić information content (AvgIpc) is 3.15. The van der Waals surface area contributed by atoms with Gasteiger partial charge in [0.2, 0.25) is 5.91 Å². The van der Waals surface area contributed by atoms with E-state index in [9.17, 15) is 9.59 Å². The molecule has 2 saturated heterocycles. The minimum atomic E-state index is -0.384. The number of hydrogen-bond acceptors (Lipinski definition) is 4. The summed E-state index contributed by atoms with van der Waals surface area (Å²) in [5, 5.41) is 0. The van der Waals surface area contributed by atoms with E-state index in [0.29, 0.717) is 5.69 Å². The van der Waals surface area contributed by atoms with Crippen LogP contribution in [0.4, 0.5) is 5.69 Å². The Morgan fingerprint density at radius 3 is 1.94 bits per heavy atom. The maximum absolute atomic E-state index is 13.2. The van der Waals surface area contributed by atoms with Crippen molar-refractivity contribution in [2.75, 3.05) is 31.1 Å². The molecule has 0 unspecified atom stereocenters. The van der Waals surface area contributed by atoms with Gasteiger partial charge in [-0.1, -0.05) is 82.7 Å². The molecule has 2 aliphatic heterocycles. The van der Waals surface area contributed by atoms with E-state index >= 15 is 0 Å². The summed E-state index contributed by atoms with van der Waals surface area (Å²) in [6, 6.07) is 28.3. The molecule has 2 aliphatic rings. The van der Waals surface area contributed by atoms with Crippen LogP contribution in [-0.4, -0.2) is 53.8 Å². The van der Waals surface area contributed by atoms with Crippen LogP contribution < -0.4 is 4.90 Å². The molecule has 0 aromatic heterocycles. The Balaban J connectivity index is 1.31. The number of hydrogen-bond donors (Lipinski definition) is 0. The third kappa shape index (κ3) is 4.51. The molecule has 0 N–H and O–H groups in total. The van der Waals surface area contributed by atoms with E-state index in [0.717, 1.165) is 30.7 Å². The quantitative estimate of drug-likeness (QED) is 0.481. The lowest BCUT2D eigenvalue weighted by molar-refractivity contribution is -0.123. The zero-order valence-electron chi connectivity index (χ0n) is 18.3. The van der Waals surface area contributed by atoms with E-state index in [2.05, 4.69) is 74.3 Å². The molecule has 2 amide bonds. The number of anilines is 1. The van der Waals surface area contributed by atoms with Gasteiger partial charge in [-0.05, 0) is 29.3 Å². The second-order valence-electron chi connectivity index (χ2n) is 8.56. The molecule has 0 radical (unpaired) electrons. The largest absolute Gasteiger partial charge is 0.290 e. The number of imide groups is 1. The first-order valence-corrected chi connectivity index (χ1v) is 12.1. The minimum absolute atomic E-state index is 0.116. The van der Waals surface area contributed by atoms with E-state index in [1.54, 1.807) is 0 Å². The second-order valence-corrected chi connectivity index (χ2v) is 9.48. The van der Waals surface area contributed by atoms with Crippen LogP contribution in [0.1, 0.15) is 23.6 Å². The van der Waals surface area contributed by atoms with Crippen molar-refractivity contribution in [3.8, 4) is 0 Å². The van der Waals surface area contributed by atoms with Gasteiger partial charge in [0.15, 0.2) is 0 Å². The molecule has 33 heavy (non-hydrogen) atoms. The highest BCUT2D eigenvalue weighted by Crippen LogP contribution is 2.32. The van der Waals surface area contributed by atoms with Crippen molar-refractivity contribution in [3.05, 3.63) is 101 Å². The third-order valence-corrected chi connectivity index (χ3v) is 7.07. The van der Waals surface area contributed by atoms with Crippen molar-refractivity contribution >= 4 is 33.4 Å². The van der Waals surface area contributed by atoms with Gasteiger partial charge < -0.3 is 0 Å². The van der Waals surface area contributed by atoms with Gasteiger partial charge in [0, 0.05) is 30.7 Å². The zero-order chi connectivity index (χ0) is 22.8. The number of nitrogens with zero attached hydrogens (tertiary/aromatic N) is 3. The van der Waals surface area contributed by atoms with Gasteiger partial charge in [-0.15, -0.1) is 0 Å². The lowest BCUT2D eigenvalue weighted by atomic mass is 9.96. The summed E-state index contributed by atoms with van der Waals surface area (Å²) in [7, 11) is 0. The summed E-state index contributed by atoms with van der Waals surface area (Å²) in [6.45, 7) is 3.19. The van der Waals surface area contributed by atoms with Crippen LogP contribution in [-0.2, 0) is 9.59 Å². The maximum atomic E-state index is 13.2. The zero-order valence-corrected chi connectivity index (χ0v) is 19.9. The van der Waals surface area contributed by atoms with Gasteiger partial charge in [-0.25, -0.2) is 4.90 Å². The molecular weight excluding hydrogens is 478 g/mol. The summed E-state index contributed by atoms with van der Waals surface area (Å²) in [5.41, 5.74) is 3.17. The Kier molecular flexibility index (Phi) is 6.40. The molecule has 2 heterocycles. The van der Waals surface area contributed by atoms with Crippen molar-refractivity contribution in [1.82, 2.24) is 9.80 Å². The highest BCUT2D eigenvalue weighted by atomic mass is 79.9. The van der Waals surface area contributed by atoms with Crippen LogP contribution in [0.3, 0.4) is 0 Å². The molecule has 6 heteroatoms. The van der Waals surface area contributed by atoms with E-state index in [1.807, 2.05) is 36.4 Å². The van der Waals surface area contributed by atoms with Crippen LogP contribution >= 0.6 is 15.9 Å². The molecular formula is C27H26BrN3O2. The Hall–Kier alpha value is -2.80. The van der Waals surface area contributed by atoms with Crippen molar-refractivity contribution in [3.63, 3.8) is 0 Å². The van der Waals surface area contributed by atoms with Crippen molar-refractivity contribution in [2.45, 2.75) is 18.5 Å². The predicted octanol–water partition coefficient (Wildman–Crippen LogP) is 4.49. The Labute approximate surface area is 202 Å². The van der Waals surface area contributed by atoms with Crippen molar-refractivity contribution < 1.29 is 9.59 Å². The second kappa shape index (κ2) is 9.59. The first kappa shape index (κ1) is 22.0. The number of rotatable bonds is 5. The number of carbonyl (C=O) groups is 2. The molecule has 3 aromatic carbocycles. The lowest BCUT2D eigenvalue weighted by Crippen LogP contribution is -2.53. The normalized spacial score (nSPS) is 20.1. The maximum Gasteiger partial charge on any atom is 0.251 e. The summed E-state index contributed by atoms with van der Waals surface area (Å²) >= 11 is 3.43. The van der Waals surface area contributed by atoms with Crippen LogP contribution in [0.15, 0.2) is 89.4 Å². The van der Waals surface area contributed by atoms with Gasteiger partial charge >= 0.3 is 0 Å². The summed E-state index contributed by atoms with van der Waals surface area (Å²) in [6.07, 6.45) is 0.242. The van der Waals surface area contributed by atoms with Crippen molar-refractivity contribution in [2.24, 2.45) is 0 Å².